The lowest BCUT2D eigenvalue weighted by Crippen LogP contribution is -2.37. The van der Waals surface area contributed by atoms with E-state index in [0.717, 1.165) is 17.4 Å². The van der Waals surface area contributed by atoms with Gasteiger partial charge in [-0.2, -0.15) is 0 Å². The molecule has 1 saturated carbocycles. The molecule has 2 aromatic rings. The summed E-state index contributed by atoms with van der Waals surface area (Å²) in [5.41, 5.74) is 7.21. The van der Waals surface area contributed by atoms with Crippen LogP contribution in [0.1, 0.15) is 64.7 Å². The molecule has 0 radical (unpaired) electrons. The predicted octanol–water partition coefficient (Wildman–Crippen LogP) is 7.59. The highest BCUT2D eigenvalue weighted by molar-refractivity contribution is 5.91. The Balaban J connectivity index is 1.47. The van der Waals surface area contributed by atoms with Gasteiger partial charge in [-0.25, -0.2) is 0 Å². The molecule has 0 spiro atoms. The number of hydrogen-bond donors (Lipinski definition) is 0. The van der Waals surface area contributed by atoms with Crippen molar-refractivity contribution in [2.75, 3.05) is 14.1 Å². The first-order chi connectivity index (χ1) is 15.5. The Labute approximate surface area is 200 Å². The van der Waals surface area contributed by atoms with Crippen LogP contribution in [0.2, 0.25) is 0 Å². The van der Waals surface area contributed by atoms with Crippen molar-refractivity contribution < 1.29 is 4.74 Å². The normalized spacial score (nSPS) is 27.5. The van der Waals surface area contributed by atoms with E-state index in [4.69, 9.17) is 4.74 Å². The molecule has 2 nitrogen and oxygen atoms in total. The molecular formula is C31H39NO. The molecule has 4 atom stereocenters. The van der Waals surface area contributed by atoms with E-state index in [1.54, 1.807) is 0 Å². The van der Waals surface area contributed by atoms with Crippen LogP contribution in [0, 0.1) is 17.8 Å². The van der Waals surface area contributed by atoms with Crippen LogP contribution in [0.5, 0.6) is 11.5 Å². The van der Waals surface area contributed by atoms with E-state index in [9.17, 15) is 0 Å². The number of benzene rings is 2. The quantitative estimate of drug-likeness (QED) is 0.486. The summed E-state index contributed by atoms with van der Waals surface area (Å²) in [5, 5.41) is 0. The molecule has 33 heavy (non-hydrogen) atoms. The van der Waals surface area contributed by atoms with Crippen molar-refractivity contribution in [3.8, 4) is 11.5 Å². The number of rotatable bonds is 3. The fourth-order valence-corrected chi connectivity index (χ4v) is 6.62. The van der Waals surface area contributed by atoms with Gasteiger partial charge in [0.25, 0.3) is 0 Å². The minimum atomic E-state index is -0.00963. The van der Waals surface area contributed by atoms with E-state index >= 15 is 0 Å². The molecule has 174 valence electrons. The van der Waals surface area contributed by atoms with Gasteiger partial charge in [0.1, 0.15) is 11.5 Å². The summed E-state index contributed by atoms with van der Waals surface area (Å²) >= 11 is 0. The van der Waals surface area contributed by atoms with E-state index in [-0.39, 0.29) is 10.8 Å². The van der Waals surface area contributed by atoms with Crippen LogP contribution in [0.15, 0.2) is 60.2 Å². The Morgan fingerprint density at radius 1 is 0.939 bits per heavy atom. The highest BCUT2D eigenvalue weighted by Crippen LogP contribution is 2.56. The molecule has 0 saturated heterocycles. The molecule has 0 amide bonds. The van der Waals surface area contributed by atoms with Gasteiger partial charge in [0.15, 0.2) is 0 Å². The summed E-state index contributed by atoms with van der Waals surface area (Å²) in [7, 11) is 4.49. The highest BCUT2D eigenvalue weighted by Gasteiger charge is 2.47. The summed E-state index contributed by atoms with van der Waals surface area (Å²) in [6.07, 6.45) is 6.50. The zero-order valence-corrected chi connectivity index (χ0v) is 21.6. The van der Waals surface area contributed by atoms with Gasteiger partial charge in [0, 0.05) is 11.5 Å². The van der Waals surface area contributed by atoms with Crippen LogP contribution in [-0.2, 0) is 10.8 Å². The van der Waals surface area contributed by atoms with Gasteiger partial charge >= 0.3 is 0 Å². The van der Waals surface area contributed by atoms with E-state index < -0.39 is 0 Å². The second-order valence-corrected chi connectivity index (χ2v) is 12.3. The summed E-state index contributed by atoms with van der Waals surface area (Å²) < 4.78 is 6.31. The monoisotopic (exact) mass is 441 g/mol. The van der Waals surface area contributed by atoms with Gasteiger partial charge in [0.2, 0.25) is 0 Å². The van der Waals surface area contributed by atoms with Gasteiger partial charge in [0.05, 0.1) is 0 Å². The van der Waals surface area contributed by atoms with Gasteiger partial charge in [-0.05, 0) is 95.8 Å². The largest absolute Gasteiger partial charge is 0.457 e. The molecule has 3 aliphatic carbocycles. The molecule has 2 heteroatoms. The Morgan fingerprint density at radius 3 is 2.24 bits per heavy atom. The van der Waals surface area contributed by atoms with Gasteiger partial charge < -0.3 is 9.64 Å². The Kier molecular flexibility index (Phi) is 5.17. The number of allylic oxidation sites excluding steroid dienone is 3. The Hall–Kier alpha value is -2.32. The second kappa shape index (κ2) is 7.60. The molecule has 1 fully saturated rings. The SMILES string of the molecule is CC1CC2C=C3C(=CC2C1N(C)C)C(C)(C)c1cc(Oc2ccc(C(C)(C)C)cc2)ccc13. The molecule has 0 aromatic heterocycles. The standard InChI is InChI=1S/C31H39NO/c1-19-15-20-16-26-24-14-13-23(33-22-11-9-21(10-12-22)30(2,3)4)17-27(24)31(5,6)28(26)18-25(20)29(19)32(7)8/h9-14,16-20,25,29H,15H2,1-8H3. The third-order valence-electron chi connectivity index (χ3n) is 8.33. The van der Waals surface area contributed by atoms with E-state index in [1.807, 2.05) is 0 Å². The maximum atomic E-state index is 6.31. The van der Waals surface area contributed by atoms with Gasteiger partial charge in [-0.15, -0.1) is 0 Å². The van der Waals surface area contributed by atoms with E-state index in [1.165, 1.54) is 34.3 Å². The number of nitrogens with zero attached hydrogens (tertiary/aromatic N) is 1. The number of fused-ring (bicyclic) bond motifs is 4. The van der Waals surface area contributed by atoms with E-state index in [0.29, 0.717) is 17.9 Å². The summed E-state index contributed by atoms with van der Waals surface area (Å²) in [4.78, 5) is 2.44. The van der Waals surface area contributed by atoms with E-state index in [2.05, 4.69) is 115 Å². The molecule has 0 aliphatic heterocycles. The average molecular weight is 442 g/mol. The zero-order valence-electron chi connectivity index (χ0n) is 21.6. The van der Waals surface area contributed by atoms with Crippen LogP contribution in [0.25, 0.3) is 5.57 Å². The van der Waals surface area contributed by atoms with Crippen molar-refractivity contribution in [1.29, 1.82) is 0 Å². The van der Waals surface area contributed by atoms with Crippen LogP contribution in [0.3, 0.4) is 0 Å². The minimum Gasteiger partial charge on any atom is -0.457 e. The Morgan fingerprint density at radius 2 is 1.61 bits per heavy atom. The fourth-order valence-electron chi connectivity index (χ4n) is 6.62. The molecule has 0 heterocycles. The third kappa shape index (κ3) is 3.67. The van der Waals surface area contributed by atoms with Crippen molar-refractivity contribution >= 4 is 5.57 Å². The van der Waals surface area contributed by atoms with Gasteiger partial charge in [-0.3, -0.25) is 0 Å². The van der Waals surface area contributed by atoms with Crippen molar-refractivity contribution in [3.63, 3.8) is 0 Å². The second-order valence-electron chi connectivity index (χ2n) is 12.3. The maximum Gasteiger partial charge on any atom is 0.127 e. The highest BCUT2D eigenvalue weighted by atomic mass is 16.5. The molecular weight excluding hydrogens is 402 g/mol. The summed E-state index contributed by atoms with van der Waals surface area (Å²) in [6.45, 7) is 13.9. The number of hydrogen-bond acceptors (Lipinski definition) is 2. The lowest BCUT2D eigenvalue weighted by atomic mass is 9.75. The molecule has 3 aliphatic rings. The first-order valence-electron chi connectivity index (χ1n) is 12.5. The smallest absolute Gasteiger partial charge is 0.127 e. The molecule has 0 bridgehead atoms. The number of ether oxygens (including phenoxy) is 1. The van der Waals surface area contributed by atoms with Gasteiger partial charge in [-0.1, -0.05) is 71.9 Å². The van der Waals surface area contributed by atoms with Crippen LogP contribution in [-0.4, -0.2) is 25.0 Å². The first kappa shape index (κ1) is 22.5. The van der Waals surface area contributed by atoms with Crippen molar-refractivity contribution in [2.24, 2.45) is 17.8 Å². The topological polar surface area (TPSA) is 12.5 Å². The predicted molar refractivity (Wildman–Crippen MR) is 139 cm³/mol. The molecule has 5 rings (SSSR count). The lowest BCUT2D eigenvalue weighted by Gasteiger charge is -2.33. The first-order valence-corrected chi connectivity index (χ1v) is 12.5. The van der Waals surface area contributed by atoms with Crippen molar-refractivity contribution in [2.45, 2.75) is 64.8 Å². The average Bonchev–Trinajstić information content (AvgIpc) is 3.17. The molecule has 4 unspecified atom stereocenters. The van der Waals surface area contributed by atoms with Crippen molar-refractivity contribution in [1.82, 2.24) is 4.90 Å². The van der Waals surface area contributed by atoms with Crippen molar-refractivity contribution in [3.05, 3.63) is 76.9 Å². The minimum absolute atomic E-state index is 0.00963. The maximum absolute atomic E-state index is 6.31. The zero-order chi connectivity index (χ0) is 23.7. The Bertz CT molecular complexity index is 1130. The third-order valence-corrected chi connectivity index (χ3v) is 8.33. The summed E-state index contributed by atoms with van der Waals surface area (Å²) in [6, 6.07) is 15.9. The lowest BCUT2D eigenvalue weighted by molar-refractivity contribution is 0.214. The fraction of sp³-hybridized carbons (Fsp3) is 0.484. The summed E-state index contributed by atoms with van der Waals surface area (Å²) in [5.74, 6) is 3.80. The molecule has 2 aromatic carbocycles. The van der Waals surface area contributed by atoms with Crippen LogP contribution >= 0.6 is 0 Å². The van der Waals surface area contributed by atoms with Crippen LogP contribution in [0.4, 0.5) is 0 Å². The van der Waals surface area contributed by atoms with Crippen LogP contribution < -0.4 is 4.74 Å². The molecule has 0 N–H and O–H groups in total.